The molecule has 0 bridgehead atoms. The minimum Gasteiger partial charge on any atom is -0.445 e. The Kier molecular flexibility index (Phi) is 31.3. The van der Waals surface area contributed by atoms with Gasteiger partial charge in [0.15, 0.2) is 0 Å². The minimum atomic E-state index is -0.451. The first-order valence-electron chi connectivity index (χ1n) is 17.7. The maximum Gasteiger partial charge on any atom is 0.407 e. The fourth-order valence-corrected chi connectivity index (χ4v) is 4.73. The van der Waals surface area contributed by atoms with Crippen molar-refractivity contribution in [1.29, 1.82) is 0 Å². The van der Waals surface area contributed by atoms with Crippen LogP contribution in [-0.2, 0) is 35.0 Å². The highest BCUT2D eigenvalue weighted by Gasteiger charge is 2.02. The van der Waals surface area contributed by atoms with E-state index in [1.54, 1.807) is 0 Å². The average molecular weight is 624 g/mol. The number of hydrogen-bond donors (Lipinski definition) is 1. The molecule has 0 saturated carbocycles. The molecule has 0 heterocycles. The van der Waals surface area contributed by atoms with Crippen LogP contribution in [0.1, 0.15) is 115 Å². The van der Waals surface area contributed by atoms with Crippen LogP contribution < -0.4 is 5.32 Å². The Hall–Kier alpha value is -1.71. The summed E-state index contributed by atoms with van der Waals surface area (Å²) in [5.74, 6) is 0. The van der Waals surface area contributed by atoms with Gasteiger partial charge in [0.05, 0.1) is 59.5 Å². The number of unbranched alkanes of at least 4 members (excludes halogenated alkanes) is 15. The zero-order valence-electron chi connectivity index (χ0n) is 28.0. The van der Waals surface area contributed by atoms with Crippen molar-refractivity contribution >= 4 is 6.09 Å². The first kappa shape index (κ1) is 40.3. The van der Waals surface area contributed by atoms with Crippen LogP contribution in [0.4, 0.5) is 4.79 Å². The van der Waals surface area contributed by atoms with E-state index in [1.165, 1.54) is 96.3 Å². The van der Waals surface area contributed by atoms with Crippen molar-refractivity contribution < 1.29 is 33.2 Å². The van der Waals surface area contributed by atoms with Crippen molar-refractivity contribution in [2.75, 3.05) is 72.6 Å². The molecule has 1 amide bonds. The highest BCUT2D eigenvalue weighted by Crippen LogP contribution is 2.13. The molecule has 0 atom stereocenters. The number of alkyl carbamates (subject to hydrolysis) is 1. The van der Waals surface area contributed by atoms with Crippen LogP contribution >= 0.6 is 0 Å². The maximum absolute atomic E-state index is 11.6. The highest BCUT2D eigenvalue weighted by molar-refractivity contribution is 5.67. The lowest BCUT2D eigenvalue weighted by Crippen LogP contribution is -2.28. The SMILES string of the molecule is CCCCCCCCCCCCCCCCCCOCCOCCOCCOCCOCCNC(=O)OCc1ccccc1. The Morgan fingerprint density at radius 3 is 1.34 bits per heavy atom. The average Bonchev–Trinajstić information content (AvgIpc) is 3.04. The standard InChI is InChI=1S/C36H65NO7/c1-2-3-4-5-6-7-8-9-10-11-12-13-14-15-16-20-24-39-26-28-41-30-32-43-33-31-42-29-27-40-25-23-37-36(38)44-34-35-21-18-17-19-22-35/h17-19,21-22H,2-16,20,23-34H2,1H3,(H,37,38). The Bertz CT molecular complexity index is 707. The van der Waals surface area contributed by atoms with Crippen LogP contribution in [0.3, 0.4) is 0 Å². The fourth-order valence-electron chi connectivity index (χ4n) is 4.73. The van der Waals surface area contributed by atoms with E-state index in [0.717, 1.165) is 18.6 Å². The molecule has 256 valence electrons. The minimum absolute atomic E-state index is 0.254. The van der Waals surface area contributed by atoms with Gasteiger partial charge < -0.3 is 33.7 Å². The molecule has 44 heavy (non-hydrogen) atoms. The van der Waals surface area contributed by atoms with E-state index in [9.17, 15) is 4.79 Å². The van der Waals surface area contributed by atoms with Crippen LogP contribution in [0.2, 0.25) is 0 Å². The maximum atomic E-state index is 11.6. The van der Waals surface area contributed by atoms with Crippen molar-refractivity contribution in [3.05, 3.63) is 35.9 Å². The summed E-state index contributed by atoms with van der Waals surface area (Å²) in [6, 6.07) is 9.57. The van der Waals surface area contributed by atoms with Crippen molar-refractivity contribution in [2.24, 2.45) is 0 Å². The third kappa shape index (κ3) is 30.3. The molecule has 0 unspecified atom stereocenters. The number of rotatable bonds is 34. The number of nitrogens with one attached hydrogen (secondary N) is 1. The van der Waals surface area contributed by atoms with Gasteiger partial charge in [0, 0.05) is 13.2 Å². The van der Waals surface area contributed by atoms with E-state index in [2.05, 4.69) is 12.2 Å². The molecule has 0 fully saturated rings. The molecule has 0 aliphatic heterocycles. The van der Waals surface area contributed by atoms with Crippen LogP contribution in [-0.4, -0.2) is 78.7 Å². The van der Waals surface area contributed by atoms with Crippen LogP contribution in [0.5, 0.6) is 0 Å². The predicted octanol–water partition coefficient (Wildman–Crippen LogP) is 8.26. The summed E-state index contributed by atoms with van der Waals surface area (Å²) in [5, 5.41) is 2.66. The molecular formula is C36H65NO7. The van der Waals surface area contributed by atoms with Crippen LogP contribution in [0, 0.1) is 0 Å². The van der Waals surface area contributed by atoms with E-state index in [1.807, 2.05) is 30.3 Å². The second-order valence-electron chi connectivity index (χ2n) is 11.4. The molecule has 0 aromatic heterocycles. The second kappa shape index (κ2) is 34.2. The summed E-state index contributed by atoms with van der Waals surface area (Å²) in [4.78, 5) is 11.6. The number of ether oxygens (including phenoxy) is 6. The topological polar surface area (TPSA) is 84.5 Å². The van der Waals surface area contributed by atoms with E-state index in [-0.39, 0.29) is 6.61 Å². The monoisotopic (exact) mass is 623 g/mol. The van der Waals surface area contributed by atoms with Gasteiger partial charge in [-0.1, -0.05) is 134 Å². The third-order valence-corrected chi connectivity index (χ3v) is 7.36. The number of hydrogen-bond acceptors (Lipinski definition) is 7. The number of benzene rings is 1. The number of amides is 1. The van der Waals surface area contributed by atoms with Gasteiger partial charge in [-0.3, -0.25) is 0 Å². The van der Waals surface area contributed by atoms with E-state index < -0.39 is 6.09 Å². The molecule has 8 heteroatoms. The van der Waals surface area contributed by atoms with Crippen LogP contribution in [0.25, 0.3) is 0 Å². The van der Waals surface area contributed by atoms with Crippen molar-refractivity contribution in [3.63, 3.8) is 0 Å². The normalized spacial score (nSPS) is 11.2. The summed E-state index contributed by atoms with van der Waals surface area (Å²) in [7, 11) is 0. The van der Waals surface area contributed by atoms with Gasteiger partial charge in [0.25, 0.3) is 0 Å². The number of carbonyl (C=O) groups is 1. The highest BCUT2D eigenvalue weighted by atomic mass is 16.6. The summed E-state index contributed by atoms with van der Waals surface area (Å²) in [6.07, 6.45) is 21.7. The van der Waals surface area contributed by atoms with Crippen molar-refractivity contribution in [1.82, 2.24) is 5.32 Å². The van der Waals surface area contributed by atoms with E-state index >= 15 is 0 Å². The summed E-state index contributed by atoms with van der Waals surface area (Å²) in [6.45, 7) is 8.50. The van der Waals surface area contributed by atoms with Gasteiger partial charge in [-0.05, 0) is 12.0 Å². The number of carbonyl (C=O) groups excluding carboxylic acids is 1. The molecule has 0 spiro atoms. The summed E-state index contributed by atoms with van der Waals surface area (Å²) >= 11 is 0. The lowest BCUT2D eigenvalue weighted by molar-refractivity contribution is -0.0110. The largest absolute Gasteiger partial charge is 0.445 e. The van der Waals surface area contributed by atoms with Crippen molar-refractivity contribution in [2.45, 2.75) is 116 Å². The fraction of sp³-hybridized carbons (Fsp3) is 0.806. The quantitative estimate of drug-likeness (QED) is 0.0774. The molecule has 8 nitrogen and oxygen atoms in total. The zero-order valence-corrected chi connectivity index (χ0v) is 28.0. The Labute approximate surface area is 269 Å². The Morgan fingerprint density at radius 2 is 0.886 bits per heavy atom. The molecule has 0 aliphatic rings. The third-order valence-electron chi connectivity index (χ3n) is 7.36. The molecule has 0 radical (unpaired) electrons. The predicted molar refractivity (Wildman–Crippen MR) is 178 cm³/mol. The van der Waals surface area contributed by atoms with Crippen LogP contribution in [0.15, 0.2) is 30.3 Å². The molecule has 1 aromatic rings. The Morgan fingerprint density at radius 1 is 0.500 bits per heavy atom. The molecular weight excluding hydrogens is 558 g/mol. The summed E-state index contributed by atoms with van der Waals surface area (Å²) < 4.78 is 32.8. The van der Waals surface area contributed by atoms with Gasteiger partial charge in [-0.15, -0.1) is 0 Å². The molecule has 1 N–H and O–H groups in total. The molecule has 0 saturated heterocycles. The first-order valence-corrected chi connectivity index (χ1v) is 17.7. The van der Waals surface area contributed by atoms with Gasteiger partial charge in [0.2, 0.25) is 0 Å². The lowest BCUT2D eigenvalue weighted by Gasteiger charge is -2.09. The van der Waals surface area contributed by atoms with Crippen molar-refractivity contribution in [3.8, 4) is 0 Å². The molecule has 1 rings (SSSR count). The lowest BCUT2D eigenvalue weighted by atomic mass is 10.0. The van der Waals surface area contributed by atoms with Gasteiger partial charge in [-0.2, -0.15) is 0 Å². The van der Waals surface area contributed by atoms with E-state index in [0.29, 0.717) is 66.0 Å². The van der Waals surface area contributed by atoms with E-state index in [4.69, 9.17) is 28.4 Å². The van der Waals surface area contributed by atoms with Gasteiger partial charge in [0.1, 0.15) is 6.61 Å². The van der Waals surface area contributed by atoms with Gasteiger partial charge in [-0.25, -0.2) is 4.79 Å². The smallest absolute Gasteiger partial charge is 0.407 e. The molecule has 1 aromatic carbocycles. The van der Waals surface area contributed by atoms with Gasteiger partial charge >= 0.3 is 6.09 Å². The first-order chi connectivity index (χ1) is 21.8. The summed E-state index contributed by atoms with van der Waals surface area (Å²) in [5.41, 5.74) is 0.952. The molecule has 0 aliphatic carbocycles. The second-order valence-corrected chi connectivity index (χ2v) is 11.4. The Balaban J connectivity index is 1.64. The zero-order chi connectivity index (χ0) is 31.4.